The minimum atomic E-state index is -0.370. The van der Waals surface area contributed by atoms with Gasteiger partial charge in [0.1, 0.15) is 5.82 Å². The van der Waals surface area contributed by atoms with Crippen LogP contribution in [0.3, 0.4) is 0 Å². The number of aryl methyl sites for hydroxylation is 1. The molecule has 0 aliphatic carbocycles. The van der Waals surface area contributed by atoms with Gasteiger partial charge in [0.25, 0.3) is 5.91 Å². The van der Waals surface area contributed by atoms with Gasteiger partial charge in [-0.1, -0.05) is 6.92 Å². The number of amides is 2. The van der Waals surface area contributed by atoms with E-state index in [-0.39, 0.29) is 30.6 Å². The van der Waals surface area contributed by atoms with Gasteiger partial charge in [-0.25, -0.2) is 4.98 Å². The van der Waals surface area contributed by atoms with E-state index in [2.05, 4.69) is 25.8 Å². The highest BCUT2D eigenvalue weighted by Gasteiger charge is 2.11. The number of carbonyl (C=O) groups excluding carboxylic acids is 2. The molecule has 0 aliphatic rings. The Hall–Kier alpha value is -1.92. The van der Waals surface area contributed by atoms with Gasteiger partial charge < -0.3 is 10.6 Å². The number of aromatic nitrogens is 3. The molecule has 0 aliphatic heterocycles. The van der Waals surface area contributed by atoms with Crippen LogP contribution in [0.25, 0.3) is 0 Å². The molecule has 17 heavy (non-hydrogen) atoms. The molecule has 0 saturated carbocycles. The van der Waals surface area contributed by atoms with Gasteiger partial charge in [-0.3, -0.25) is 14.7 Å². The van der Waals surface area contributed by atoms with Crippen molar-refractivity contribution in [1.29, 1.82) is 0 Å². The first-order valence-electron chi connectivity index (χ1n) is 5.63. The highest BCUT2D eigenvalue weighted by molar-refractivity contribution is 5.90. The number of H-pyrrole nitrogens is 1. The van der Waals surface area contributed by atoms with Crippen LogP contribution in [0.4, 0.5) is 0 Å². The number of rotatable bonds is 6. The first kappa shape index (κ1) is 13.1. The summed E-state index contributed by atoms with van der Waals surface area (Å²) in [6.07, 6.45) is 0.948. The first-order valence-corrected chi connectivity index (χ1v) is 5.63. The molecule has 0 atom stereocenters. The monoisotopic (exact) mass is 239 g/mol. The summed E-state index contributed by atoms with van der Waals surface area (Å²) < 4.78 is 0. The maximum absolute atomic E-state index is 11.5. The lowest BCUT2D eigenvalue weighted by Gasteiger charge is -2.02. The van der Waals surface area contributed by atoms with E-state index < -0.39 is 0 Å². The molecule has 0 spiro atoms. The molecule has 94 valence electrons. The van der Waals surface area contributed by atoms with Crippen molar-refractivity contribution in [2.24, 2.45) is 0 Å². The molecule has 7 heteroatoms. The predicted molar refractivity (Wildman–Crippen MR) is 61.4 cm³/mol. The number of hydrogen-bond acceptors (Lipinski definition) is 4. The van der Waals surface area contributed by atoms with Gasteiger partial charge in [0, 0.05) is 25.9 Å². The summed E-state index contributed by atoms with van der Waals surface area (Å²) in [5, 5.41) is 11.7. The van der Waals surface area contributed by atoms with Crippen molar-refractivity contribution in [3.05, 3.63) is 11.6 Å². The van der Waals surface area contributed by atoms with Crippen LogP contribution >= 0.6 is 0 Å². The van der Waals surface area contributed by atoms with Crippen LogP contribution in [0.1, 0.15) is 36.7 Å². The number of aromatic amines is 1. The predicted octanol–water partition coefficient (Wildman–Crippen LogP) is -0.377. The summed E-state index contributed by atoms with van der Waals surface area (Å²) in [5.41, 5.74) is 0. The van der Waals surface area contributed by atoms with Crippen LogP contribution in [-0.4, -0.2) is 40.1 Å². The molecular weight excluding hydrogens is 222 g/mol. The molecule has 2 amide bonds. The molecule has 0 unspecified atom stereocenters. The van der Waals surface area contributed by atoms with Gasteiger partial charge in [-0.2, -0.15) is 0 Å². The zero-order chi connectivity index (χ0) is 12.7. The molecule has 1 rings (SSSR count). The lowest BCUT2D eigenvalue weighted by molar-refractivity contribution is -0.120. The lowest BCUT2D eigenvalue weighted by atomic mass is 10.4. The summed E-state index contributed by atoms with van der Waals surface area (Å²) in [5.74, 6) is 0.318. The first-order chi connectivity index (χ1) is 8.17. The van der Waals surface area contributed by atoms with Gasteiger partial charge in [0.15, 0.2) is 0 Å². The second kappa shape index (κ2) is 6.62. The van der Waals surface area contributed by atoms with Crippen molar-refractivity contribution in [3.8, 4) is 0 Å². The number of nitrogens with zero attached hydrogens (tertiary/aromatic N) is 2. The highest BCUT2D eigenvalue weighted by atomic mass is 16.2. The second-order valence-corrected chi connectivity index (χ2v) is 3.42. The molecule has 7 nitrogen and oxygen atoms in total. The van der Waals surface area contributed by atoms with Gasteiger partial charge >= 0.3 is 0 Å². The molecule has 0 saturated heterocycles. The molecule has 1 heterocycles. The van der Waals surface area contributed by atoms with Gasteiger partial charge in [0.05, 0.1) is 0 Å². The Balaban J connectivity index is 2.32. The number of hydrogen-bond donors (Lipinski definition) is 3. The van der Waals surface area contributed by atoms with Crippen molar-refractivity contribution >= 4 is 11.8 Å². The van der Waals surface area contributed by atoms with E-state index in [0.29, 0.717) is 18.8 Å². The van der Waals surface area contributed by atoms with Crippen LogP contribution in [0, 0.1) is 0 Å². The Labute approximate surface area is 99.4 Å². The third-order valence-electron chi connectivity index (χ3n) is 2.08. The van der Waals surface area contributed by atoms with Crippen molar-refractivity contribution in [2.75, 3.05) is 13.1 Å². The van der Waals surface area contributed by atoms with Crippen molar-refractivity contribution in [1.82, 2.24) is 25.8 Å². The van der Waals surface area contributed by atoms with Crippen molar-refractivity contribution in [2.45, 2.75) is 26.7 Å². The standard InChI is InChI=1S/C10H17N5O2/c1-3-7-13-9(15-14-7)10(17)12-6-5-8(16)11-4-2/h3-6H2,1-2H3,(H,11,16)(H,12,17)(H,13,14,15). The fraction of sp³-hybridized carbons (Fsp3) is 0.600. The van der Waals surface area contributed by atoms with Crippen LogP contribution in [0.5, 0.6) is 0 Å². The molecule has 1 aromatic rings. The molecular formula is C10H17N5O2. The number of carbonyl (C=O) groups is 2. The average molecular weight is 239 g/mol. The maximum atomic E-state index is 11.5. The van der Waals surface area contributed by atoms with E-state index in [1.165, 1.54) is 0 Å². The summed E-state index contributed by atoms with van der Waals surface area (Å²) in [6.45, 7) is 4.63. The van der Waals surface area contributed by atoms with E-state index in [0.717, 1.165) is 0 Å². The molecule has 0 radical (unpaired) electrons. The second-order valence-electron chi connectivity index (χ2n) is 3.42. The van der Waals surface area contributed by atoms with Crippen LogP contribution in [-0.2, 0) is 11.2 Å². The van der Waals surface area contributed by atoms with Gasteiger partial charge in [-0.05, 0) is 6.92 Å². The van der Waals surface area contributed by atoms with E-state index in [4.69, 9.17) is 0 Å². The Kier molecular flexibility index (Phi) is 5.12. The molecule has 0 bridgehead atoms. The van der Waals surface area contributed by atoms with Crippen molar-refractivity contribution < 1.29 is 9.59 Å². The smallest absolute Gasteiger partial charge is 0.290 e. The average Bonchev–Trinajstić information content (AvgIpc) is 2.77. The quantitative estimate of drug-likeness (QED) is 0.630. The summed E-state index contributed by atoms with van der Waals surface area (Å²) in [7, 11) is 0. The van der Waals surface area contributed by atoms with E-state index in [9.17, 15) is 9.59 Å². The van der Waals surface area contributed by atoms with Crippen LogP contribution in [0.15, 0.2) is 0 Å². The lowest BCUT2D eigenvalue weighted by Crippen LogP contribution is -2.31. The Morgan fingerprint density at radius 3 is 2.65 bits per heavy atom. The Bertz CT molecular complexity index is 388. The fourth-order valence-corrected chi connectivity index (χ4v) is 1.21. The largest absolute Gasteiger partial charge is 0.356 e. The van der Waals surface area contributed by atoms with Crippen LogP contribution in [0.2, 0.25) is 0 Å². The van der Waals surface area contributed by atoms with E-state index >= 15 is 0 Å². The third kappa shape index (κ3) is 4.21. The highest BCUT2D eigenvalue weighted by Crippen LogP contribution is 1.93. The molecule has 1 aromatic heterocycles. The Morgan fingerprint density at radius 1 is 1.29 bits per heavy atom. The normalized spacial score (nSPS) is 10.0. The zero-order valence-electron chi connectivity index (χ0n) is 10.0. The van der Waals surface area contributed by atoms with E-state index in [1.807, 2.05) is 13.8 Å². The number of nitrogens with one attached hydrogen (secondary N) is 3. The third-order valence-corrected chi connectivity index (χ3v) is 2.08. The molecule has 3 N–H and O–H groups in total. The van der Waals surface area contributed by atoms with Gasteiger partial charge in [-0.15, -0.1) is 5.10 Å². The van der Waals surface area contributed by atoms with E-state index in [1.54, 1.807) is 0 Å². The summed E-state index contributed by atoms with van der Waals surface area (Å²) >= 11 is 0. The Morgan fingerprint density at radius 2 is 2.06 bits per heavy atom. The molecule has 0 aromatic carbocycles. The summed E-state index contributed by atoms with van der Waals surface area (Å²) in [4.78, 5) is 26.6. The van der Waals surface area contributed by atoms with Crippen molar-refractivity contribution in [3.63, 3.8) is 0 Å². The zero-order valence-corrected chi connectivity index (χ0v) is 10.0. The summed E-state index contributed by atoms with van der Waals surface area (Å²) in [6, 6.07) is 0. The maximum Gasteiger partial charge on any atom is 0.290 e. The minimum Gasteiger partial charge on any atom is -0.356 e. The SMILES string of the molecule is CCNC(=O)CCNC(=O)c1n[nH]c(CC)n1. The topological polar surface area (TPSA) is 99.8 Å². The minimum absolute atomic E-state index is 0.0861. The fourth-order valence-electron chi connectivity index (χ4n) is 1.21. The van der Waals surface area contributed by atoms with Crippen LogP contribution < -0.4 is 10.6 Å². The molecule has 0 fully saturated rings. The van der Waals surface area contributed by atoms with Gasteiger partial charge in [0.2, 0.25) is 11.7 Å².